The van der Waals surface area contributed by atoms with Gasteiger partial charge in [0, 0.05) is 45.0 Å². The van der Waals surface area contributed by atoms with Gasteiger partial charge in [-0.15, -0.1) is 0 Å². The van der Waals surface area contributed by atoms with Crippen LogP contribution in [0.2, 0.25) is 0 Å². The molecule has 1 amide bonds. The Labute approximate surface area is 176 Å². The topological polar surface area (TPSA) is 56.6 Å². The number of carbonyl (C=O) groups is 1. The molecule has 2 saturated heterocycles. The minimum atomic E-state index is -0.222. The number of amides is 1. The van der Waals surface area contributed by atoms with Crippen LogP contribution < -0.4 is 4.74 Å². The second kappa shape index (κ2) is 8.11. The molecule has 2 aromatic carbocycles. The van der Waals surface area contributed by atoms with E-state index in [0.29, 0.717) is 6.61 Å². The van der Waals surface area contributed by atoms with Crippen molar-refractivity contribution >= 4 is 16.8 Å². The van der Waals surface area contributed by atoms with Crippen LogP contribution >= 0.6 is 0 Å². The van der Waals surface area contributed by atoms with Crippen LogP contribution in [-0.4, -0.2) is 52.5 Å². The number of hydrogen-bond acceptors (Lipinski definition) is 4. The van der Waals surface area contributed by atoms with E-state index in [2.05, 4.69) is 35.4 Å². The van der Waals surface area contributed by atoms with Crippen molar-refractivity contribution < 1.29 is 14.3 Å². The van der Waals surface area contributed by atoms with Gasteiger partial charge in [0.05, 0.1) is 11.7 Å². The Morgan fingerprint density at radius 1 is 1.07 bits per heavy atom. The first-order valence-electron chi connectivity index (χ1n) is 10.8. The Bertz CT molecular complexity index is 1030. The average Bonchev–Trinajstić information content (AvgIpc) is 3.45. The molecule has 6 nitrogen and oxygen atoms in total. The second-order valence-electron chi connectivity index (χ2n) is 8.21. The number of benzene rings is 2. The summed E-state index contributed by atoms with van der Waals surface area (Å²) in [6, 6.07) is 14.7. The summed E-state index contributed by atoms with van der Waals surface area (Å²) in [5, 5.41) is 5.46. The van der Waals surface area contributed by atoms with Crippen molar-refractivity contribution in [3.63, 3.8) is 0 Å². The number of hydrogen-bond donors (Lipinski definition) is 0. The minimum absolute atomic E-state index is 0.148. The lowest BCUT2D eigenvalue weighted by atomic mass is 10.0. The lowest BCUT2D eigenvalue weighted by Crippen LogP contribution is -2.45. The number of ether oxygens (including phenoxy) is 2. The Hall–Kier alpha value is -2.86. The fourth-order valence-electron chi connectivity index (χ4n) is 4.41. The molecular weight excluding hydrogens is 378 g/mol. The van der Waals surface area contributed by atoms with E-state index < -0.39 is 0 Å². The highest BCUT2D eigenvalue weighted by atomic mass is 16.5. The fourth-order valence-corrected chi connectivity index (χ4v) is 4.41. The molecule has 0 spiro atoms. The number of fused-ring (bicyclic) bond motifs is 1. The minimum Gasteiger partial charge on any atom is -0.490 e. The molecule has 30 heavy (non-hydrogen) atoms. The number of aromatic nitrogens is 2. The summed E-state index contributed by atoms with van der Waals surface area (Å²) in [4.78, 5) is 14.4. The molecule has 0 bridgehead atoms. The zero-order chi connectivity index (χ0) is 20.5. The summed E-state index contributed by atoms with van der Waals surface area (Å²) in [6.07, 6.45) is 5.37. The molecule has 1 atom stereocenters. The first-order chi connectivity index (χ1) is 14.7. The molecular formula is C24H27N3O3. The van der Waals surface area contributed by atoms with Gasteiger partial charge in [-0.25, -0.2) is 0 Å². The lowest BCUT2D eigenvalue weighted by molar-refractivity contribution is -0.142. The maximum Gasteiger partial charge on any atom is 0.251 e. The monoisotopic (exact) mass is 405 g/mol. The number of nitrogens with zero attached hydrogens (tertiary/aromatic N) is 3. The number of aryl methyl sites for hydroxylation is 1. The highest BCUT2D eigenvalue weighted by molar-refractivity contribution is 5.84. The van der Waals surface area contributed by atoms with Crippen molar-refractivity contribution in [2.45, 2.75) is 37.9 Å². The van der Waals surface area contributed by atoms with E-state index in [4.69, 9.17) is 9.47 Å². The van der Waals surface area contributed by atoms with E-state index in [-0.39, 0.29) is 18.1 Å². The molecule has 2 aliphatic rings. The molecule has 0 saturated carbocycles. The fraction of sp³-hybridized carbons (Fsp3) is 0.417. The van der Waals surface area contributed by atoms with Crippen molar-refractivity contribution in [3.05, 3.63) is 48.7 Å². The van der Waals surface area contributed by atoms with Gasteiger partial charge in [0.25, 0.3) is 5.91 Å². The number of carbonyl (C=O) groups excluding carboxylic acids is 1. The zero-order valence-corrected chi connectivity index (χ0v) is 17.3. The third kappa shape index (κ3) is 3.79. The summed E-state index contributed by atoms with van der Waals surface area (Å²) in [5.41, 5.74) is 3.44. The van der Waals surface area contributed by atoms with Crippen molar-refractivity contribution in [3.8, 4) is 16.9 Å². The van der Waals surface area contributed by atoms with E-state index in [1.807, 2.05) is 35.0 Å². The zero-order valence-electron chi connectivity index (χ0n) is 17.3. The van der Waals surface area contributed by atoms with Crippen molar-refractivity contribution in [2.75, 3.05) is 19.7 Å². The van der Waals surface area contributed by atoms with Crippen molar-refractivity contribution in [2.24, 2.45) is 7.05 Å². The molecule has 3 aromatic rings. The van der Waals surface area contributed by atoms with Gasteiger partial charge in [0.2, 0.25) is 0 Å². The first kappa shape index (κ1) is 19.1. The van der Waals surface area contributed by atoms with Crippen LogP contribution in [0.5, 0.6) is 5.75 Å². The molecule has 3 heterocycles. The van der Waals surface area contributed by atoms with E-state index in [9.17, 15) is 4.79 Å². The van der Waals surface area contributed by atoms with Gasteiger partial charge in [-0.3, -0.25) is 9.48 Å². The smallest absolute Gasteiger partial charge is 0.251 e. The molecule has 5 rings (SSSR count). The Morgan fingerprint density at radius 3 is 2.57 bits per heavy atom. The molecule has 0 N–H and O–H groups in total. The summed E-state index contributed by atoms with van der Waals surface area (Å²) < 4.78 is 13.6. The van der Waals surface area contributed by atoms with E-state index in [1.54, 1.807) is 0 Å². The Balaban J connectivity index is 1.19. The normalized spacial score (nSPS) is 20.0. The Morgan fingerprint density at radius 2 is 1.83 bits per heavy atom. The third-order valence-corrected chi connectivity index (χ3v) is 6.20. The highest BCUT2D eigenvalue weighted by Crippen LogP contribution is 2.27. The summed E-state index contributed by atoms with van der Waals surface area (Å²) in [6.45, 7) is 2.19. The maximum absolute atomic E-state index is 12.5. The summed E-state index contributed by atoms with van der Waals surface area (Å²) in [5.74, 6) is 1.03. The molecule has 1 aromatic heterocycles. The quantitative estimate of drug-likeness (QED) is 0.663. The molecule has 1 unspecified atom stereocenters. The molecule has 2 fully saturated rings. The molecule has 0 aliphatic carbocycles. The summed E-state index contributed by atoms with van der Waals surface area (Å²) in [7, 11) is 1.96. The first-order valence-corrected chi connectivity index (χ1v) is 10.8. The highest BCUT2D eigenvalue weighted by Gasteiger charge is 2.31. The standard InChI is InChI=1S/C24H27N3O3/c1-26-22-15-18(4-5-19(22)16-25-26)17-6-8-20(9-7-17)30-21-10-12-27(13-11-21)24(28)23-3-2-14-29-23/h4-9,15-16,21,23H,2-3,10-14H2,1H3. The van der Waals surface area contributed by atoms with Crippen LogP contribution in [0.1, 0.15) is 25.7 Å². The van der Waals surface area contributed by atoms with Crippen LogP contribution in [-0.2, 0) is 16.6 Å². The van der Waals surface area contributed by atoms with Gasteiger partial charge in [0.15, 0.2) is 0 Å². The van der Waals surface area contributed by atoms with Crippen LogP contribution in [0.3, 0.4) is 0 Å². The average molecular weight is 405 g/mol. The van der Waals surface area contributed by atoms with Crippen molar-refractivity contribution in [1.29, 1.82) is 0 Å². The lowest BCUT2D eigenvalue weighted by Gasteiger charge is -2.33. The number of piperidine rings is 1. The van der Waals surface area contributed by atoms with Gasteiger partial charge in [-0.05, 0) is 42.2 Å². The van der Waals surface area contributed by atoms with E-state index in [1.165, 1.54) is 5.56 Å². The maximum atomic E-state index is 12.5. The van der Waals surface area contributed by atoms with Crippen LogP contribution in [0, 0.1) is 0 Å². The van der Waals surface area contributed by atoms with Gasteiger partial charge >= 0.3 is 0 Å². The van der Waals surface area contributed by atoms with Crippen LogP contribution in [0.15, 0.2) is 48.7 Å². The van der Waals surface area contributed by atoms with Gasteiger partial charge in [-0.1, -0.05) is 24.3 Å². The van der Waals surface area contributed by atoms with E-state index >= 15 is 0 Å². The molecule has 6 heteroatoms. The van der Waals surface area contributed by atoms with Gasteiger partial charge < -0.3 is 14.4 Å². The number of likely N-dealkylation sites (tertiary alicyclic amines) is 1. The largest absolute Gasteiger partial charge is 0.490 e. The molecule has 2 aliphatic heterocycles. The SMILES string of the molecule is Cn1ncc2ccc(-c3ccc(OC4CCN(C(=O)C5CCCO5)CC4)cc3)cc21. The van der Waals surface area contributed by atoms with Crippen LogP contribution in [0.4, 0.5) is 0 Å². The van der Waals surface area contributed by atoms with Gasteiger partial charge in [0.1, 0.15) is 18.0 Å². The predicted molar refractivity (Wildman–Crippen MR) is 115 cm³/mol. The summed E-state index contributed by atoms with van der Waals surface area (Å²) >= 11 is 0. The molecule has 156 valence electrons. The number of rotatable bonds is 4. The van der Waals surface area contributed by atoms with Crippen LogP contribution in [0.25, 0.3) is 22.0 Å². The van der Waals surface area contributed by atoms with Gasteiger partial charge in [-0.2, -0.15) is 5.10 Å². The second-order valence-corrected chi connectivity index (χ2v) is 8.21. The third-order valence-electron chi connectivity index (χ3n) is 6.20. The van der Waals surface area contributed by atoms with Crippen molar-refractivity contribution in [1.82, 2.24) is 14.7 Å². The Kier molecular flexibility index (Phi) is 5.17. The molecule has 0 radical (unpaired) electrons. The van der Waals surface area contributed by atoms with E-state index in [0.717, 1.165) is 61.0 Å². The predicted octanol–water partition coefficient (Wildman–Crippen LogP) is 3.79.